The van der Waals surface area contributed by atoms with Crippen LogP contribution < -0.4 is 4.83 Å². The average molecular weight is 278 g/mol. The van der Waals surface area contributed by atoms with Crippen LogP contribution in [-0.4, -0.2) is 24.4 Å². The summed E-state index contributed by atoms with van der Waals surface area (Å²) in [5, 5.41) is 7.66. The molecule has 0 fully saturated rings. The van der Waals surface area contributed by atoms with E-state index in [0.717, 1.165) is 5.56 Å². The predicted octanol–water partition coefficient (Wildman–Crippen LogP) is 1.04. The molecule has 2 aromatic rings. The predicted molar refractivity (Wildman–Crippen MR) is 72.3 cm³/mol. The molecule has 0 aliphatic carbocycles. The minimum atomic E-state index is -3.62. The van der Waals surface area contributed by atoms with Crippen molar-refractivity contribution in [1.82, 2.24) is 14.6 Å². The van der Waals surface area contributed by atoms with Gasteiger partial charge in [0, 0.05) is 18.8 Å². The molecule has 0 atom stereocenters. The average Bonchev–Trinajstić information content (AvgIpc) is 2.75. The van der Waals surface area contributed by atoms with Gasteiger partial charge in [0.15, 0.2) is 0 Å². The third-order valence-electron chi connectivity index (χ3n) is 2.44. The fourth-order valence-electron chi connectivity index (χ4n) is 1.45. The van der Waals surface area contributed by atoms with Gasteiger partial charge >= 0.3 is 0 Å². The highest BCUT2D eigenvalue weighted by molar-refractivity contribution is 7.89. The maximum absolute atomic E-state index is 11.9. The van der Waals surface area contributed by atoms with Gasteiger partial charge in [0.05, 0.1) is 17.3 Å². The number of hydrazone groups is 1. The van der Waals surface area contributed by atoms with Crippen molar-refractivity contribution < 1.29 is 8.42 Å². The van der Waals surface area contributed by atoms with E-state index in [1.807, 2.05) is 6.92 Å². The van der Waals surface area contributed by atoms with Crippen LogP contribution in [0.4, 0.5) is 0 Å². The number of nitrogens with zero attached hydrogens (tertiary/aromatic N) is 3. The van der Waals surface area contributed by atoms with Crippen molar-refractivity contribution >= 4 is 16.2 Å². The molecule has 7 heteroatoms. The van der Waals surface area contributed by atoms with Gasteiger partial charge < -0.3 is 0 Å². The van der Waals surface area contributed by atoms with E-state index in [0.29, 0.717) is 5.56 Å². The topological polar surface area (TPSA) is 76.3 Å². The summed E-state index contributed by atoms with van der Waals surface area (Å²) in [6.45, 7) is 1.89. The lowest BCUT2D eigenvalue weighted by Crippen LogP contribution is -2.18. The van der Waals surface area contributed by atoms with Crippen LogP contribution in [0.2, 0.25) is 0 Å². The van der Waals surface area contributed by atoms with Crippen LogP contribution in [0.5, 0.6) is 0 Å². The molecule has 0 amide bonds. The number of rotatable bonds is 4. The summed E-state index contributed by atoms with van der Waals surface area (Å²) in [7, 11) is -1.84. The van der Waals surface area contributed by atoms with Crippen LogP contribution in [0, 0.1) is 6.92 Å². The monoisotopic (exact) mass is 278 g/mol. The Hall–Kier alpha value is -2.15. The zero-order valence-corrected chi connectivity index (χ0v) is 11.4. The number of sulfonamides is 1. The number of nitrogens with one attached hydrogen (secondary N) is 1. The Kier molecular flexibility index (Phi) is 3.66. The number of benzene rings is 1. The molecule has 0 unspecified atom stereocenters. The van der Waals surface area contributed by atoms with Gasteiger partial charge in [-0.05, 0) is 19.1 Å². The van der Waals surface area contributed by atoms with Gasteiger partial charge in [-0.2, -0.15) is 18.6 Å². The van der Waals surface area contributed by atoms with Crippen LogP contribution in [0.1, 0.15) is 11.1 Å². The van der Waals surface area contributed by atoms with Crippen LogP contribution in [0.3, 0.4) is 0 Å². The number of hydrogen-bond donors (Lipinski definition) is 1. The van der Waals surface area contributed by atoms with E-state index in [9.17, 15) is 8.42 Å². The fourth-order valence-corrected chi connectivity index (χ4v) is 2.24. The minimum Gasteiger partial charge on any atom is -0.275 e. The molecule has 0 saturated carbocycles. The van der Waals surface area contributed by atoms with Crippen molar-refractivity contribution in [2.24, 2.45) is 12.1 Å². The molecule has 0 aliphatic heterocycles. The number of aryl methyl sites for hydroxylation is 2. The Balaban J connectivity index is 2.09. The summed E-state index contributed by atoms with van der Waals surface area (Å²) in [4.78, 5) is 2.34. The zero-order valence-electron chi connectivity index (χ0n) is 10.6. The normalized spacial score (nSPS) is 11.9. The van der Waals surface area contributed by atoms with E-state index in [2.05, 4.69) is 15.0 Å². The van der Waals surface area contributed by atoms with Crippen LogP contribution in [-0.2, 0) is 17.1 Å². The first-order valence-electron chi connectivity index (χ1n) is 5.57. The molecule has 0 bridgehead atoms. The molecule has 1 aromatic carbocycles. The Morgan fingerprint density at radius 1 is 1.32 bits per heavy atom. The Morgan fingerprint density at radius 2 is 2.00 bits per heavy atom. The first kappa shape index (κ1) is 13.3. The maximum Gasteiger partial charge on any atom is 0.276 e. The molecule has 0 aliphatic rings. The van der Waals surface area contributed by atoms with Gasteiger partial charge in [-0.25, -0.2) is 4.83 Å². The van der Waals surface area contributed by atoms with E-state index in [1.165, 1.54) is 18.3 Å². The van der Waals surface area contributed by atoms with Crippen molar-refractivity contribution in [3.8, 4) is 0 Å². The van der Waals surface area contributed by atoms with Gasteiger partial charge in [0.2, 0.25) is 0 Å². The largest absolute Gasteiger partial charge is 0.276 e. The molecular weight excluding hydrogens is 264 g/mol. The lowest BCUT2D eigenvalue weighted by Gasteiger charge is -2.02. The molecule has 0 radical (unpaired) electrons. The molecule has 1 aromatic heterocycles. The van der Waals surface area contributed by atoms with Crippen molar-refractivity contribution in [3.05, 3.63) is 47.8 Å². The van der Waals surface area contributed by atoms with Crippen LogP contribution in [0.15, 0.2) is 46.7 Å². The Labute approximate surface area is 111 Å². The standard InChI is InChI=1S/C12H14N4O2S/c1-10-3-5-12(6-4-10)19(17,18)15-13-7-11-8-14-16(2)9-11/h3-9,15H,1-2H3/b13-7+. The molecule has 6 nitrogen and oxygen atoms in total. The summed E-state index contributed by atoms with van der Waals surface area (Å²) < 4.78 is 25.4. The Morgan fingerprint density at radius 3 is 2.58 bits per heavy atom. The first-order valence-corrected chi connectivity index (χ1v) is 7.06. The van der Waals surface area contributed by atoms with Crippen molar-refractivity contribution in [3.63, 3.8) is 0 Å². The van der Waals surface area contributed by atoms with Gasteiger partial charge in [0.1, 0.15) is 0 Å². The zero-order chi connectivity index (χ0) is 13.9. The maximum atomic E-state index is 11.9. The minimum absolute atomic E-state index is 0.182. The molecule has 1 heterocycles. The van der Waals surface area contributed by atoms with Crippen molar-refractivity contribution in [2.75, 3.05) is 0 Å². The second kappa shape index (κ2) is 5.23. The third kappa shape index (κ3) is 3.41. The number of hydrogen-bond acceptors (Lipinski definition) is 4. The molecular formula is C12H14N4O2S. The Bertz CT molecular complexity index is 687. The highest BCUT2D eigenvalue weighted by Crippen LogP contribution is 2.09. The van der Waals surface area contributed by atoms with E-state index >= 15 is 0 Å². The highest BCUT2D eigenvalue weighted by Gasteiger charge is 2.11. The SMILES string of the molecule is Cc1ccc(S(=O)(=O)N/N=C/c2cnn(C)c2)cc1. The number of aromatic nitrogens is 2. The summed E-state index contributed by atoms with van der Waals surface area (Å²) in [6.07, 6.45) is 4.71. The van der Waals surface area contributed by atoms with Gasteiger partial charge in [0.25, 0.3) is 10.0 Å². The van der Waals surface area contributed by atoms with E-state index in [4.69, 9.17) is 0 Å². The molecule has 100 valence electrons. The summed E-state index contributed by atoms with van der Waals surface area (Å²) in [5.41, 5.74) is 1.71. The lowest BCUT2D eigenvalue weighted by atomic mass is 10.2. The van der Waals surface area contributed by atoms with Gasteiger partial charge in [-0.15, -0.1) is 0 Å². The summed E-state index contributed by atoms with van der Waals surface area (Å²) in [5.74, 6) is 0. The second-order valence-electron chi connectivity index (χ2n) is 4.11. The van der Waals surface area contributed by atoms with Crippen LogP contribution in [0.25, 0.3) is 0 Å². The van der Waals surface area contributed by atoms with E-state index in [-0.39, 0.29) is 4.90 Å². The lowest BCUT2D eigenvalue weighted by molar-refractivity contribution is 0.584. The molecule has 1 N–H and O–H groups in total. The third-order valence-corrected chi connectivity index (χ3v) is 3.68. The molecule has 2 rings (SSSR count). The van der Waals surface area contributed by atoms with E-state index in [1.54, 1.807) is 36.3 Å². The quantitative estimate of drug-likeness (QED) is 0.670. The fraction of sp³-hybridized carbons (Fsp3) is 0.167. The molecule has 0 saturated heterocycles. The van der Waals surface area contributed by atoms with Gasteiger partial charge in [-0.1, -0.05) is 17.7 Å². The second-order valence-corrected chi connectivity index (χ2v) is 5.77. The van der Waals surface area contributed by atoms with Crippen molar-refractivity contribution in [1.29, 1.82) is 0 Å². The molecule has 0 spiro atoms. The van der Waals surface area contributed by atoms with E-state index < -0.39 is 10.0 Å². The smallest absolute Gasteiger partial charge is 0.275 e. The highest BCUT2D eigenvalue weighted by atomic mass is 32.2. The summed E-state index contributed by atoms with van der Waals surface area (Å²) >= 11 is 0. The first-order chi connectivity index (χ1) is 8.97. The summed E-state index contributed by atoms with van der Waals surface area (Å²) in [6, 6.07) is 6.55. The van der Waals surface area contributed by atoms with Crippen molar-refractivity contribution in [2.45, 2.75) is 11.8 Å². The van der Waals surface area contributed by atoms with Gasteiger partial charge in [-0.3, -0.25) is 4.68 Å². The molecule has 19 heavy (non-hydrogen) atoms. The van der Waals surface area contributed by atoms with Crippen LogP contribution >= 0.6 is 0 Å².